The molecule has 2 aromatic carbocycles. The quantitative estimate of drug-likeness (QED) is 0.780. The van der Waals surface area contributed by atoms with E-state index in [1.165, 1.54) is 10.4 Å². The van der Waals surface area contributed by atoms with Crippen LogP contribution in [0.5, 0.6) is 0 Å². The lowest BCUT2D eigenvalue weighted by molar-refractivity contribution is -0.0398. The maximum absolute atomic E-state index is 11.2. The second kappa shape index (κ2) is 7.88. The first kappa shape index (κ1) is 20.3. The molecule has 4 heteroatoms. The topological polar surface area (TPSA) is 55.5 Å². The lowest BCUT2D eigenvalue weighted by Gasteiger charge is -2.45. The van der Waals surface area contributed by atoms with Crippen molar-refractivity contribution in [3.8, 4) is 0 Å². The molecule has 1 saturated carbocycles. The van der Waals surface area contributed by atoms with Gasteiger partial charge in [-0.15, -0.1) is 0 Å². The van der Waals surface area contributed by atoms with Crippen LogP contribution in [0, 0.1) is 0 Å². The smallest absolute Gasteiger partial charge is 0.261 e. The standard InChI is InChI=1S/C23H33NO2Si/c1-22(2,3)27(20-10-6-4-7-11-20,21-12-8-5-9-13-21)26-18-23(25)16-14-19(24)15-17-23/h4-13,19,25H,14-18,24H2,1-3H3/t19-,23+. The van der Waals surface area contributed by atoms with Gasteiger partial charge < -0.3 is 15.3 Å². The molecule has 0 unspecified atom stereocenters. The Morgan fingerprint density at radius 2 is 1.41 bits per heavy atom. The van der Waals surface area contributed by atoms with Crippen molar-refractivity contribution in [2.45, 2.75) is 63.1 Å². The second-order valence-corrected chi connectivity index (χ2v) is 13.3. The van der Waals surface area contributed by atoms with Crippen LogP contribution in [0.4, 0.5) is 0 Å². The first-order valence-corrected chi connectivity index (χ1v) is 11.9. The van der Waals surface area contributed by atoms with Gasteiger partial charge in [-0.2, -0.15) is 0 Å². The van der Waals surface area contributed by atoms with E-state index in [1.54, 1.807) is 0 Å². The molecule has 0 amide bonds. The molecule has 1 aliphatic rings. The van der Waals surface area contributed by atoms with Crippen molar-refractivity contribution in [1.29, 1.82) is 0 Å². The normalized spacial score (nSPS) is 24.0. The van der Waals surface area contributed by atoms with Crippen LogP contribution in [-0.2, 0) is 4.43 Å². The number of hydrogen-bond acceptors (Lipinski definition) is 3. The fraction of sp³-hybridized carbons (Fsp3) is 0.478. The van der Waals surface area contributed by atoms with Crippen LogP contribution in [0.2, 0.25) is 5.04 Å². The summed E-state index contributed by atoms with van der Waals surface area (Å²) >= 11 is 0. The molecule has 1 aliphatic carbocycles. The lowest BCUT2D eigenvalue weighted by Crippen LogP contribution is -2.67. The van der Waals surface area contributed by atoms with E-state index < -0.39 is 13.9 Å². The zero-order valence-electron chi connectivity index (χ0n) is 16.8. The summed E-state index contributed by atoms with van der Waals surface area (Å²) in [5.41, 5.74) is 5.27. The largest absolute Gasteiger partial charge is 0.404 e. The number of rotatable bonds is 5. The van der Waals surface area contributed by atoms with E-state index in [4.69, 9.17) is 10.2 Å². The van der Waals surface area contributed by atoms with E-state index in [-0.39, 0.29) is 11.1 Å². The van der Waals surface area contributed by atoms with E-state index in [2.05, 4.69) is 69.3 Å². The Morgan fingerprint density at radius 3 is 1.81 bits per heavy atom. The van der Waals surface area contributed by atoms with Gasteiger partial charge in [0, 0.05) is 6.04 Å². The van der Waals surface area contributed by atoms with E-state index in [9.17, 15) is 5.11 Å². The van der Waals surface area contributed by atoms with Crippen LogP contribution < -0.4 is 16.1 Å². The fourth-order valence-electron chi connectivity index (χ4n) is 4.33. The molecule has 0 atom stereocenters. The van der Waals surface area contributed by atoms with Crippen LogP contribution >= 0.6 is 0 Å². The van der Waals surface area contributed by atoms with Crippen molar-refractivity contribution in [3.63, 3.8) is 0 Å². The van der Waals surface area contributed by atoms with Crippen molar-refractivity contribution in [1.82, 2.24) is 0 Å². The molecule has 0 aliphatic heterocycles. The second-order valence-electron chi connectivity index (χ2n) is 9.01. The predicted molar refractivity (Wildman–Crippen MR) is 115 cm³/mol. The number of nitrogens with two attached hydrogens (primary N) is 1. The van der Waals surface area contributed by atoms with Gasteiger partial charge in [-0.25, -0.2) is 0 Å². The molecule has 1 fully saturated rings. The first-order valence-electron chi connectivity index (χ1n) is 10.00. The third-order valence-electron chi connectivity index (χ3n) is 5.94. The van der Waals surface area contributed by atoms with Crippen molar-refractivity contribution in [2.75, 3.05) is 6.61 Å². The Kier molecular flexibility index (Phi) is 5.92. The van der Waals surface area contributed by atoms with Gasteiger partial charge in [0.15, 0.2) is 0 Å². The van der Waals surface area contributed by atoms with Gasteiger partial charge in [0.2, 0.25) is 0 Å². The average Bonchev–Trinajstić information content (AvgIpc) is 2.66. The van der Waals surface area contributed by atoms with Crippen molar-refractivity contribution < 1.29 is 9.53 Å². The summed E-state index contributed by atoms with van der Waals surface area (Å²) in [5.74, 6) is 0. The summed E-state index contributed by atoms with van der Waals surface area (Å²) in [7, 11) is -2.59. The Bertz CT molecular complexity index is 680. The van der Waals surface area contributed by atoms with Gasteiger partial charge in [0.1, 0.15) is 0 Å². The summed E-state index contributed by atoms with van der Waals surface area (Å²) in [5, 5.41) is 13.6. The van der Waals surface area contributed by atoms with Crippen molar-refractivity contribution >= 4 is 18.7 Å². The zero-order valence-corrected chi connectivity index (χ0v) is 17.8. The predicted octanol–water partition coefficient (Wildman–Crippen LogP) is 3.20. The highest BCUT2D eigenvalue weighted by Gasteiger charge is 2.51. The molecule has 0 radical (unpaired) electrons. The van der Waals surface area contributed by atoms with Crippen molar-refractivity contribution in [3.05, 3.63) is 60.7 Å². The molecule has 0 saturated heterocycles. The SMILES string of the molecule is CC(C)(C)[Si](OC[C@]1(O)CC[C@@H](N)CC1)(c1ccccc1)c1ccccc1. The molecular formula is C23H33NO2Si. The highest BCUT2D eigenvalue weighted by Crippen LogP contribution is 2.38. The minimum absolute atomic E-state index is 0.0723. The lowest BCUT2D eigenvalue weighted by atomic mass is 9.83. The molecule has 0 heterocycles. The summed E-state index contributed by atoms with van der Waals surface area (Å²) < 4.78 is 6.89. The molecule has 3 nitrogen and oxygen atoms in total. The van der Waals surface area contributed by atoms with Gasteiger partial charge >= 0.3 is 0 Å². The molecule has 27 heavy (non-hydrogen) atoms. The Hall–Kier alpha value is -1.46. The van der Waals surface area contributed by atoms with Gasteiger partial charge in [-0.1, -0.05) is 81.4 Å². The fourth-order valence-corrected chi connectivity index (χ4v) is 8.97. The van der Waals surface area contributed by atoms with E-state index in [0.29, 0.717) is 19.4 Å². The van der Waals surface area contributed by atoms with Gasteiger partial charge in [0.25, 0.3) is 8.32 Å². The number of benzene rings is 2. The van der Waals surface area contributed by atoms with Crippen LogP contribution in [-0.4, -0.2) is 31.7 Å². The molecular weight excluding hydrogens is 350 g/mol. The van der Waals surface area contributed by atoms with E-state index >= 15 is 0 Å². The molecule has 3 N–H and O–H groups in total. The Labute approximate surface area is 164 Å². The van der Waals surface area contributed by atoms with Crippen molar-refractivity contribution in [2.24, 2.45) is 5.73 Å². The van der Waals surface area contributed by atoms with Crippen LogP contribution in [0.25, 0.3) is 0 Å². The maximum Gasteiger partial charge on any atom is 0.261 e. The summed E-state index contributed by atoms with van der Waals surface area (Å²) in [4.78, 5) is 0. The molecule has 0 spiro atoms. The highest BCUT2D eigenvalue weighted by atomic mass is 28.4. The number of hydrogen-bond donors (Lipinski definition) is 2. The van der Waals surface area contributed by atoms with Gasteiger partial charge in [-0.3, -0.25) is 0 Å². The van der Waals surface area contributed by atoms with E-state index in [1.807, 2.05) is 12.1 Å². The zero-order chi connectivity index (χ0) is 19.5. The van der Waals surface area contributed by atoms with Gasteiger partial charge in [0.05, 0.1) is 12.2 Å². The summed E-state index contributed by atoms with van der Waals surface area (Å²) in [6.45, 7) is 7.16. The molecule has 0 aromatic heterocycles. The minimum Gasteiger partial charge on any atom is -0.404 e. The van der Waals surface area contributed by atoms with Crippen LogP contribution in [0.15, 0.2) is 60.7 Å². The summed E-state index contributed by atoms with van der Waals surface area (Å²) in [6.07, 6.45) is 3.15. The monoisotopic (exact) mass is 383 g/mol. The number of aliphatic hydroxyl groups is 1. The van der Waals surface area contributed by atoms with Crippen LogP contribution in [0.3, 0.4) is 0 Å². The first-order chi connectivity index (χ1) is 12.8. The summed E-state index contributed by atoms with van der Waals surface area (Å²) in [6, 6.07) is 21.4. The third-order valence-corrected chi connectivity index (χ3v) is 10.9. The molecule has 0 bridgehead atoms. The van der Waals surface area contributed by atoms with Gasteiger partial charge in [-0.05, 0) is 41.1 Å². The van der Waals surface area contributed by atoms with E-state index in [0.717, 1.165) is 12.8 Å². The third kappa shape index (κ3) is 4.19. The highest BCUT2D eigenvalue weighted by molar-refractivity contribution is 6.99. The Balaban J connectivity index is 2.02. The minimum atomic E-state index is -2.59. The molecule has 2 aromatic rings. The molecule has 146 valence electrons. The average molecular weight is 384 g/mol. The Morgan fingerprint density at radius 1 is 0.963 bits per heavy atom. The van der Waals surface area contributed by atoms with Crippen LogP contribution in [0.1, 0.15) is 46.5 Å². The maximum atomic E-state index is 11.2. The molecule has 3 rings (SSSR count).